The Bertz CT molecular complexity index is 765. The molecule has 0 unspecified atom stereocenters. The number of pyridine rings is 1. The number of halogens is 1. The molecular formula is C16H17BrN4O4. The van der Waals surface area contributed by atoms with E-state index in [4.69, 9.17) is 9.47 Å². The lowest BCUT2D eigenvalue weighted by molar-refractivity contribution is -0.385. The van der Waals surface area contributed by atoms with E-state index in [0.29, 0.717) is 30.5 Å². The molecule has 1 aromatic heterocycles. The molecule has 25 heavy (non-hydrogen) atoms. The number of anilines is 1. The van der Waals surface area contributed by atoms with Gasteiger partial charge in [-0.2, -0.15) is 5.10 Å². The SMILES string of the molecule is CCOc1cc(/C=N\Nc2ccc([N+](=O)[O-])cn2)cc(Br)c1OCC. The third-order valence-electron chi connectivity index (χ3n) is 2.97. The molecule has 0 bridgehead atoms. The number of aromatic nitrogens is 1. The number of ether oxygens (including phenoxy) is 2. The van der Waals surface area contributed by atoms with Crippen LogP contribution in [-0.4, -0.2) is 29.3 Å². The third kappa shape index (κ3) is 5.15. The van der Waals surface area contributed by atoms with Crippen LogP contribution in [0.2, 0.25) is 0 Å². The van der Waals surface area contributed by atoms with Gasteiger partial charge in [0.05, 0.1) is 28.8 Å². The van der Waals surface area contributed by atoms with Crippen molar-refractivity contribution < 1.29 is 14.4 Å². The maximum Gasteiger partial charge on any atom is 0.287 e. The minimum absolute atomic E-state index is 0.0775. The molecular weight excluding hydrogens is 392 g/mol. The van der Waals surface area contributed by atoms with E-state index in [1.165, 1.54) is 18.3 Å². The number of rotatable bonds is 8. The van der Waals surface area contributed by atoms with E-state index in [2.05, 4.69) is 31.4 Å². The highest BCUT2D eigenvalue weighted by molar-refractivity contribution is 9.10. The third-order valence-corrected chi connectivity index (χ3v) is 3.56. The topological polar surface area (TPSA) is 98.9 Å². The minimum atomic E-state index is -0.507. The minimum Gasteiger partial charge on any atom is -0.490 e. The van der Waals surface area contributed by atoms with Gasteiger partial charge >= 0.3 is 0 Å². The van der Waals surface area contributed by atoms with Crippen molar-refractivity contribution in [2.45, 2.75) is 13.8 Å². The second-order valence-corrected chi connectivity index (χ2v) is 5.58. The zero-order chi connectivity index (χ0) is 18.2. The summed E-state index contributed by atoms with van der Waals surface area (Å²) in [6.45, 7) is 4.84. The lowest BCUT2D eigenvalue weighted by Gasteiger charge is -2.13. The van der Waals surface area contributed by atoms with Crippen LogP contribution in [0.1, 0.15) is 19.4 Å². The molecule has 8 nitrogen and oxygen atoms in total. The van der Waals surface area contributed by atoms with E-state index in [9.17, 15) is 10.1 Å². The van der Waals surface area contributed by atoms with E-state index in [-0.39, 0.29) is 5.69 Å². The molecule has 2 aromatic rings. The van der Waals surface area contributed by atoms with Crippen LogP contribution < -0.4 is 14.9 Å². The second-order valence-electron chi connectivity index (χ2n) is 4.72. The Hall–Kier alpha value is -2.68. The maximum atomic E-state index is 10.6. The van der Waals surface area contributed by atoms with E-state index in [0.717, 1.165) is 10.0 Å². The van der Waals surface area contributed by atoms with E-state index in [1.807, 2.05) is 26.0 Å². The van der Waals surface area contributed by atoms with Gasteiger partial charge in [0.15, 0.2) is 11.5 Å². The molecule has 1 N–H and O–H groups in total. The van der Waals surface area contributed by atoms with Gasteiger partial charge in [-0.1, -0.05) is 0 Å². The number of hydrogen-bond acceptors (Lipinski definition) is 7. The molecule has 0 saturated heterocycles. The van der Waals surface area contributed by atoms with Crippen LogP contribution in [0.25, 0.3) is 0 Å². The first-order chi connectivity index (χ1) is 12.0. The molecule has 0 spiro atoms. The number of nitrogens with one attached hydrogen (secondary N) is 1. The van der Waals surface area contributed by atoms with Gasteiger partial charge in [-0.3, -0.25) is 15.5 Å². The Kier molecular flexibility index (Phi) is 6.70. The van der Waals surface area contributed by atoms with Crippen LogP contribution in [0.15, 0.2) is 40.0 Å². The fraction of sp³-hybridized carbons (Fsp3) is 0.250. The lowest BCUT2D eigenvalue weighted by atomic mass is 10.2. The predicted molar refractivity (Wildman–Crippen MR) is 98.6 cm³/mol. The first-order valence-electron chi connectivity index (χ1n) is 7.53. The van der Waals surface area contributed by atoms with Gasteiger partial charge in [0.1, 0.15) is 12.0 Å². The lowest BCUT2D eigenvalue weighted by Crippen LogP contribution is -2.01. The van der Waals surface area contributed by atoms with Crippen LogP contribution in [-0.2, 0) is 0 Å². The average Bonchev–Trinajstić information content (AvgIpc) is 2.59. The van der Waals surface area contributed by atoms with Gasteiger partial charge in [0, 0.05) is 6.07 Å². The van der Waals surface area contributed by atoms with Crippen LogP contribution in [0.3, 0.4) is 0 Å². The number of hydrazone groups is 1. The molecule has 0 aliphatic carbocycles. The molecule has 9 heteroatoms. The Morgan fingerprint density at radius 2 is 2.08 bits per heavy atom. The number of nitro groups is 1. The normalized spacial score (nSPS) is 10.7. The Balaban J connectivity index is 2.13. The molecule has 0 atom stereocenters. The summed E-state index contributed by atoms with van der Waals surface area (Å²) in [5.41, 5.74) is 3.43. The Morgan fingerprint density at radius 1 is 1.32 bits per heavy atom. The van der Waals surface area contributed by atoms with E-state index >= 15 is 0 Å². The van der Waals surface area contributed by atoms with Crippen molar-refractivity contribution in [3.05, 3.63) is 50.6 Å². The van der Waals surface area contributed by atoms with Gasteiger partial charge in [-0.05, 0) is 53.5 Å². The van der Waals surface area contributed by atoms with Crippen LogP contribution in [0.5, 0.6) is 11.5 Å². The maximum absolute atomic E-state index is 10.6. The molecule has 0 saturated carbocycles. The molecule has 0 aliphatic heterocycles. The van der Waals surface area contributed by atoms with Gasteiger partial charge in [0.25, 0.3) is 5.69 Å². The highest BCUT2D eigenvalue weighted by Crippen LogP contribution is 2.36. The number of benzene rings is 1. The van der Waals surface area contributed by atoms with Crippen molar-refractivity contribution in [2.24, 2.45) is 5.10 Å². The van der Waals surface area contributed by atoms with Crippen LogP contribution in [0, 0.1) is 10.1 Å². The molecule has 0 aliphatic rings. The fourth-order valence-electron chi connectivity index (χ4n) is 1.94. The summed E-state index contributed by atoms with van der Waals surface area (Å²) in [5, 5.41) is 14.7. The zero-order valence-corrected chi connectivity index (χ0v) is 15.3. The van der Waals surface area contributed by atoms with Crippen molar-refractivity contribution in [2.75, 3.05) is 18.6 Å². The summed E-state index contributed by atoms with van der Waals surface area (Å²) in [5.74, 6) is 1.66. The monoisotopic (exact) mass is 408 g/mol. The smallest absolute Gasteiger partial charge is 0.287 e. The summed E-state index contributed by atoms with van der Waals surface area (Å²) in [6, 6.07) is 6.50. The van der Waals surface area contributed by atoms with Crippen molar-refractivity contribution >= 4 is 33.6 Å². The second kappa shape index (κ2) is 8.97. The van der Waals surface area contributed by atoms with Gasteiger partial charge in [-0.15, -0.1) is 0 Å². The van der Waals surface area contributed by atoms with E-state index in [1.54, 1.807) is 6.21 Å². The van der Waals surface area contributed by atoms with Gasteiger partial charge < -0.3 is 9.47 Å². The molecule has 0 radical (unpaired) electrons. The first kappa shape index (κ1) is 18.7. The zero-order valence-electron chi connectivity index (χ0n) is 13.7. The van der Waals surface area contributed by atoms with Gasteiger partial charge in [0.2, 0.25) is 0 Å². The number of nitrogens with zero attached hydrogens (tertiary/aromatic N) is 3. The molecule has 1 aromatic carbocycles. The first-order valence-corrected chi connectivity index (χ1v) is 8.33. The molecule has 2 rings (SSSR count). The van der Waals surface area contributed by atoms with Crippen LogP contribution in [0.4, 0.5) is 11.5 Å². The Morgan fingerprint density at radius 3 is 2.68 bits per heavy atom. The van der Waals surface area contributed by atoms with Gasteiger partial charge in [-0.25, -0.2) is 4.98 Å². The summed E-state index contributed by atoms with van der Waals surface area (Å²) in [7, 11) is 0. The molecule has 132 valence electrons. The molecule has 0 amide bonds. The van der Waals surface area contributed by atoms with Crippen molar-refractivity contribution in [1.29, 1.82) is 0 Å². The Labute approximate surface area is 153 Å². The summed E-state index contributed by atoms with van der Waals surface area (Å²) < 4.78 is 11.9. The van der Waals surface area contributed by atoms with Crippen LogP contribution >= 0.6 is 15.9 Å². The predicted octanol–water partition coefficient (Wildman–Crippen LogP) is 4.00. The number of hydrogen-bond donors (Lipinski definition) is 1. The van der Waals surface area contributed by atoms with Crippen molar-refractivity contribution in [3.63, 3.8) is 0 Å². The molecule has 0 fully saturated rings. The largest absolute Gasteiger partial charge is 0.490 e. The fourth-order valence-corrected chi connectivity index (χ4v) is 2.52. The standard InChI is InChI=1S/C16H17BrN4O4/c1-3-24-14-8-11(7-13(17)16(14)25-4-2)9-19-20-15-6-5-12(10-18-15)21(22)23/h5-10H,3-4H2,1-2H3,(H,18,20)/b19-9-. The summed E-state index contributed by atoms with van der Waals surface area (Å²) >= 11 is 3.46. The van der Waals surface area contributed by atoms with E-state index < -0.39 is 4.92 Å². The highest BCUT2D eigenvalue weighted by atomic mass is 79.9. The average molecular weight is 409 g/mol. The summed E-state index contributed by atoms with van der Waals surface area (Å²) in [4.78, 5) is 14.0. The molecule has 1 heterocycles. The summed E-state index contributed by atoms with van der Waals surface area (Å²) in [6.07, 6.45) is 2.75. The van der Waals surface area contributed by atoms with Crippen molar-refractivity contribution in [3.8, 4) is 11.5 Å². The highest BCUT2D eigenvalue weighted by Gasteiger charge is 2.11. The van der Waals surface area contributed by atoms with Crippen molar-refractivity contribution in [1.82, 2.24) is 4.98 Å². The quantitative estimate of drug-likeness (QED) is 0.402.